The van der Waals surface area contributed by atoms with E-state index in [9.17, 15) is 13.2 Å². The molecule has 2 N–H and O–H groups in total. The van der Waals surface area contributed by atoms with E-state index >= 15 is 0 Å². The smallest absolute Gasteiger partial charge is 0.374 e. The number of sulfonamides is 1. The number of carbonyl (C=O) groups is 1. The first-order valence-corrected chi connectivity index (χ1v) is 8.91. The summed E-state index contributed by atoms with van der Waals surface area (Å²) in [6, 6.07) is 2.52. The fourth-order valence-corrected chi connectivity index (χ4v) is 3.61. The zero-order valence-corrected chi connectivity index (χ0v) is 15.3. The largest absolute Gasteiger partial charge is 0.460 e. The highest BCUT2D eigenvalue weighted by atomic mass is 35.5. The average molecular weight is 383 g/mol. The predicted molar refractivity (Wildman–Crippen MR) is 88.9 cm³/mol. The van der Waals surface area contributed by atoms with Gasteiger partial charge in [0.2, 0.25) is 10.9 Å². The van der Waals surface area contributed by atoms with Crippen LogP contribution in [0.2, 0.25) is 0 Å². The third-order valence-electron chi connectivity index (χ3n) is 3.68. The van der Waals surface area contributed by atoms with E-state index in [2.05, 4.69) is 10.0 Å². The minimum Gasteiger partial charge on any atom is -0.460 e. The van der Waals surface area contributed by atoms with Crippen LogP contribution in [0.25, 0.3) is 0 Å². The van der Waals surface area contributed by atoms with Crippen molar-refractivity contribution in [2.24, 2.45) is 0 Å². The van der Waals surface area contributed by atoms with Crippen molar-refractivity contribution >= 4 is 28.4 Å². The molecule has 10 heteroatoms. The Morgan fingerprint density at radius 1 is 1.46 bits per heavy atom. The highest BCUT2D eigenvalue weighted by molar-refractivity contribution is 7.89. The lowest BCUT2D eigenvalue weighted by Crippen LogP contribution is -2.52. The van der Waals surface area contributed by atoms with E-state index < -0.39 is 21.5 Å². The number of methoxy groups -OCH3 is 1. The summed E-state index contributed by atoms with van der Waals surface area (Å²) < 4.78 is 42.2. The minimum atomic E-state index is -3.85. The molecule has 1 fully saturated rings. The first kappa shape index (κ1) is 20.9. The molecule has 0 saturated carbocycles. The lowest BCUT2D eigenvalue weighted by Gasteiger charge is -2.28. The van der Waals surface area contributed by atoms with Gasteiger partial charge >= 0.3 is 5.97 Å². The van der Waals surface area contributed by atoms with Crippen LogP contribution in [0.5, 0.6) is 0 Å². The van der Waals surface area contributed by atoms with Crippen LogP contribution in [-0.4, -0.2) is 53.3 Å². The molecule has 0 bridgehead atoms. The molecule has 0 spiro atoms. The van der Waals surface area contributed by atoms with E-state index in [0.29, 0.717) is 6.61 Å². The molecule has 1 aliphatic rings. The average Bonchev–Trinajstić information content (AvgIpc) is 3.16. The quantitative estimate of drug-likeness (QED) is 0.644. The number of hydrogen-bond acceptors (Lipinski definition) is 7. The zero-order valence-electron chi connectivity index (χ0n) is 13.7. The van der Waals surface area contributed by atoms with Gasteiger partial charge in [0, 0.05) is 13.7 Å². The second kappa shape index (κ2) is 8.82. The van der Waals surface area contributed by atoms with Gasteiger partial charge in [0.15, 0.2) is 0 Å². The number of hydrogen-bond donors (Lipinski definition) is 2. The highest BCUT2D eigenvalue weighted by Gasteiger charge is 2.35. The molecular formula is C14H23ClN2O6S. The predicted octanol–water partition coefficient (Wildman–Crippen LogP) is 0.925. The summed E-state index contributed by atoms with van der Waals surface area (Å²) in [5.74, 6) is -0.833. The number of nitrogens with one attached hydrogen (secondary N) is 2. The van der Waals surface area contributed by atoms with Crippen molar-refractivity contribution in [2.45, 2.75) is 30.4 Å². The van der Waals surface area contributed by atoms with Crippen molar-refractivity contribution in [3.05, 3.63) is 17.9 Å². The minimum absolute atomic E-state index is 0. The van der Waals surface area contributed by atoms with Crippen molar-refractivity contribution in [3.8, 4) is 0 Å². The molecule has 0 amide bonds. The summed E-state index contributed by atoms with van der Waals surface area (Å²) in [7, 11) is -2.27. The lowest BCUT2D eigenvalue weighted by molar-refractivity contribution is 0.0484. The molecule has 1 unspecified atom stereocenters. The normalized spacial score (nSPS) is 20.6. The van der Waals surface area contributed by atoms with Crippen LogP contribution in [0.3, 0.4) is 0 Å². The first-order valence-electron chi connectivity index (χ1n) is 7.43. The maximum absolute atomic E-state index is 12.3. The summed E-state index contributed by atoms with van der Waals surface area (Å²) >= 11 is 0. The fraction of sp³-hybridized carbons (Fsp3) is 0.643. The molecule has 1 aliphatic heterocycles. The van der Waals surface area contributed by atoms with Crippen LogP contribution in [0.15, 0.2) is 21.6 Å². The molecule has 24 heavy (non-hydrogen) atoms. The van der Waals surface area contributed by atoms with Crippen LogP contribution in [0.1, 0.15) is 30.3 Å². The molecule has 8 nitrogen and oxygen atoms in total. The molecule has 138 valence electrons. The Morgan fingerprint density at radius 2 is 2.21 bits per heavy atom. The maximum Gasteiger partial charge on any atom is 0.374 e. The standard InChI is InChI=1S/C14H22N2O6S.ClH/c1-3-21-13(17)11-5-6-12(22-11)23(18,19)16-9-14(10-20-2)7-4-8-15-14;/h5-6,15-16H,3-4,7-10H2,1-2H3;1H. The molecular weight excluding hydrogens is 360 g/mol. The highest BCUT2D eigenvalue weighted by Crippen LogP contribution is 2.21. The SMILES string of the molecule is CCOC(=O)c1ccc(S(=O)(=O)NCC2(COC)CCCN2)o1.Cl. The summed E-state index contributed by atoms with van der Waals surface area (Å²) in [5.41, 5.74) is -0.418. The summed E-state index contributed by atoms with van der Waals surface area (Å²) in [6.07, 6.45) is 1.77. The number of furan rings is 1. The molecule has 1 aromatic heterocycles. The summed E-state index contributed by atoms with van der Waals surface area (Å²) in [4.78, 5) is 11.5. The van der Waals surface area contributed by atoms with E-state index in [-0.39, 0.29) is 36.4 Å². The number of esters is 1. The number of ether oxygens (including phenoxy) is 2. The molecule has 2 heterocycles. The van der Waals surface area contributed by atoms with Gasteiger partial charge in [-0.3, -0.25) is 0 Å². The Hall–Kier alpha value is -1.13. The molecule has 0 aromatic carbocycles. The molecule has 0 radical (unpaired) electrons. The number of carbonyl (C=O) groups excluding carboxylic acids is 1. The van der Waals surface area contributed by atoms with E-state index in [4.69, 9.17) is 13.9 Å². The topological polar surface area (TPSA) is 107 Å². The van der Waals surface area contributed by atoms with Gasteiger partial charge in [-0.1, -0.05) is 0 Å². The van der Waals surface area contributed by atoms with Crippen molar-refractivity contribution in [1.82, 2.24) is 10.0 Å². The van der Waals surface area contributed by atoms with E-state index in [1.807, 2.05) is 0 Å². The second-order valence-electron chi connectivity index (χ2n) is 5.41. The van der Waals surface area contributed by atoms with Crippen LogP contribution in [0, 0.1) is 0 Å². The Morgan fingerprint density at radius 3 is 2.79 bits per heavy atom. The van der Waals surface area contributed by atoms with Crippen LogP contribution < -0.4 is 10.0 Å². The summed E-state index contributed by atoms with van der Waals surface area (Å²) in [6.45, 7) is 3.24. The van der Waals surface area contributed by atoms with Crippen molar-refractivity contribution in [1.29, 1.82) is 0 Å². The Kier molecular flexibility index (Phi) is 7.68. The third-order valence-corrected chi connectivity index (χ3v) is 4.95. The molecule has 0 aliphatic carbocycles. The maximum atomic E-state index is 12.3. The third kappa shape index (κ3) is 4.93. The van der Waals surface area contributed by atoms with E-state index in [0.717, 1.165) is 19.4 Å². The van der Waals surface area contributed by atoms with Gasteiger partial charge in [-0.2, -0.15) is 0 Å². The van der Waals surface area contributed by atoms with Crippen LogP contribution >= 0.6 is 12.4 Å². The molecule has 1 aromatic rings. The molecule has 1 saturated heterocycles. The van der Waals surface area contributed by atoms with Gasteiger partial charge in [-0.15, -0.1) is 12.4 Å². The number of halogens is 1. The van der Waals surface area contributed by atoms with Gasteiger partial charge in [-0.25, -0.2) is 17.9 Å². The van der Waals surface area contributed by atoms with E-state index in [1.165, 1.54) is 12.1 Å². The van der Waals surface area contributed by atoms with Crippen molar-refractivity contribution in [2.75, 3.05) is 33.4 Å². The molecule has 2 rings (SSSR count). The van der Waals surface area contributed by atoms with Gasteiger partial charge in [0.05, 0.1) is 18.8 Å². The zero-order chi connectivity index (χ0) is 16.9. The fourth-order valence-electron chi connectivity index (χ4n) is 2.55. The Bertz CT molecular complexity index is 639. The van der Waals surface area contributed by atoms with Gasteiger partial charge in [-0.05, 0) is 38.4 Å². The van der Waals surface area contributed by atoms with Gasteiger partial charge < -0.3 is 19.2 Å². The second-order valence-corrected chi connectivity index (χ2v) is 7.11. The van der Waals surface area contributed by atoms with E-state index in [1.54, 1.807) is 14.0 Å². The first-order chi connectivity index (χ1) is 10.9. The van der Waals surface area contributed by atoms with Gasteiger partial charge in [0.1, 0.15) is 0 Å². The molecule has 1 atom stereocenters. The van der Waals surface area contributed by atoms with Crippen molar-refractivity contribution in [3.63, 3.8) is 0 Å². The number of rotatable bonds is 8. The lowest BCUT2D eigenvalue weighted by atomic mass is 9.99. The van der Waals surface area contributed by atoms with Crippen LogP contribution in [0.4, 0.5) is 0 Å². The van der Waals surface area contributed by atoms with Crippen LogP contribution in [-0.2, 0) is 19.5 Å². The van der Waals surface area contributed by atoms with Crippen molar-refractivity contribution < 1.29 is 27.1 Å². The Labute approximate surface area is 147 Å². The summed E-state index contributed by atoms with van der Waals surface area (Å²) in [5, 5.41) is 2.96. The Balaban J connectivity index is 0.00000288. The monoisotopic (exact) mass is 382 g/mol. The van der Waals surface area contributed by atoms with Gasteiger partial charge in [0.25, 0.3) is 10.0 Å².